The first-order valence-corrected chi connectivity index (χ1v) is 4.40. The molecule has 66 valence electrons. The number of rotatable bonds is 0. The molecule has 0 aliphatic heterocycles. The lowest BCUT2D eigenvalue weighted by molar-refractivity contribution is 0.470. The molecule has 1 heterocycles. The first kappa shape index (κ1) is 8.44. The van der Waals surface area contributed by atoms with E-state index in [4.69, 9.17) is 5.11 Å². The fraction of sp³-hybridized carbons (Fsp3) is 0. The second-order valence-corrected chi connectivity index (χ2v) is 3.57. The summed E-state index contributed by atoms with van der Waals surface area (Å²) in [5.74, 6) is -0.604. The van der Waals surface area contributed by atoms with E-state index in [1.165, 1.54) is 12.3 Å². The van der Waals surface area contributed by atoms with E-state index in [0.29, 0.717) is 5.39 Å². The molecule has 0 aliphatic carbocycles. The van der Waals surface area contributed by atoms with Crippen LogP contribution in [-0.2, 0) is 0 Å². The van der Waals surface area contributed by atoms with E-state index >= 15 is 0 Å². The second-order valence-electron chi connectivity index (χ2n) is 2.65. The van der Waals surface area contributed by atoms with E-state index in [9.17, 15) is 4.39 Å². The molecule has 13 heavy (non-hydrogen) atoms. The normalized spacial score (nSPS) is 10.6. The zero-order valence-corrected chi connectivity index (χ0v) is 8.05. The quantitative estimate of drug-likeness (QED) is 0.770. The average Bonchev–Trinajstić information content (AvgIpc) is 2.02. The van der Waals surface area contributed by atoms with Crippen LogP contribution in [0.2, 0.25) is 0 Å². The summed E-state index contributed by atoms with van der Waals surface area (Å²) in [6.45, 7) is 0. The average molecular weight is 242 g/mol. The molecule has 1 N–H and O–H groups in total. The molecule has 2 rings (SSSR count). The Labute approximate surface area is 82.2 Å². The van der Waals surface area contributed by atoms with Gasteiger partial charge in [0.15, 0.2) is 5.82 Å². The van der Waals surface area contributed by atoms with Crippen LogP contribution < -0.4 is 0 Å². The maximum atomic E-state index is 13.1. The number of pyridine rings is 1. The minimum absolute atomic E-state index is 0.0927. The van der Waals surface area contributed by atoms with E-state index in [-0.39, 0.29) is 11.3 Å². The summed E-state index contributed by atoms with van der Waals surface area (Å²) in [6.07, 6.45) is 1.52. The topological polar surface area (TPSA) is 33.1 Å². The van der Waals surface area contributed by atoms with Crippen molar-refractivity contribution in [3.63, 3.8) is 0 Å². The maximum Gasteiger partial charge on any atom is 0.153 e. The van der Waals surface area contributed by atoms with E-state index in [0.717, 1.165) is 10.5 Å². The summed E-state index contributed by atoms with van der Waals surface area (Å²) < 4.78 is 13.9. The lowest BCUT2D eigenvalue weighted by Crippen LogP contribution is -1.83. The molecule has 4 heteroatoms. The summed E-state index contributed by atoms with van der Waals surface area (Å²) in [5, 5.41) is 9.69. The molecule has 0 saturated heterocycles. The number of nitrogens with zero attached hydrogens (tertiary/aromatic N) is 1. The predicted molar refractivity (Wildman–Crippen MR) is 51.1 cm³/mol. The minimum atomic E-state index is -0.512. The third kappa shape index (κ3) is 1.49. The smallest absolute Gasteiger partial charge is 0.153 e. The lowest BCUT2D eigenvalue weighted by atomic mass is 10.2. The van der Waals surface area contributed by atoms with Gasteiger partial charge in [-0.3, -0.25) is 4.98 Å². The Morgan fingerprint density at radius 1 is 1.31 bits per heavy atom. The number of aromatic hydroxyl groups is 1. The monoisotopic (exact) mass is 241 g/mol. The number of hydrogen-bond acceptors (Lipinski definition) is 2. The number of hydrogen-bond donors (Lipinski definition) is 1. The summed E-state index contributed by atoms with van der Waals surface area (Å²) in [6, 6.07) is 4.21. The van der Waals surface area contributed by atoms with Crippen LogP contribution in [0.15, 0.2) is 28.9 Å². The van der Waals surface area contributed by atoms with Crippen molar-refractivity contribution in [3.8, 4) is 5.75 Å². The van der Waals surface area contributed by atoms with Crippen molar-refractivity contribution in [2.75, 3.05) is 0 Å². The van der Waals surface area contributed by atoms with Crippen molar-refractivity contribution in [2.45, 2.75) is 0 Å². The van der Waals surface area contributed by atoms with Gasteiger partial charge in [0.25, 0.3) is 0 Å². The fourth-order valence-corrected chi connectivity index (χ4v) is 1.51. The first-order valence-electron chi connectivity index (χ1n) is 3.60. The number of phenols is 1. The zero-order chi connectivity index (χ0) is 9.42. The summed E-state index contributed by atoms with van der Waals surface area (Å²) in [7, 11) is 0. The number of benzene rings is 1. The van der Waals surface area contributed by atoms with Gasteiger partial charge in [0.05, 0.1) is 0 Å². The Morgan fingerprint density at radius 3 is 2.85 bits per heavy atom. The molecule has 0 fully saturated rings. The van der Waals surface area contributed by atoms with Crippen LogP contribution in [0, 0.1) is 5.82 Å². The van der Waals surface area contributed by atoms with Crippen LogP contribution in [0.25, 0.3) is 10.9 Å². The van der Waals surface area contributed by atoms with Gasteiger partial charge in [-0.1, -0.05) is 0 Å². The third-order valence-corrected chi connectivity index (χ3v) is 2.12. The maximum absolute atomic E-state index is 13.1. The van der Waals surface area contributed by atoms with E-state index in [2.05, 4.69) is 20.9 Å². The van der Waals surface area contributed by atoms with Gasteiger partial charge in [0, 0.05) is 22.1 Å². The number of phenolic OH excluding ortho intramolecular Hbond substituents is 1. The molecule has 0 amide bonds. The molecule has 2 aromatic rings. The van der Waals surface area contributed by atoms with Gasteiger partial charge in [-0.15, -0.1) is 0 Å². The minimum Gasteiger partial charge on any atom is -0.508 e. The predicted octanol–water partition coefficient (Wildman–Crippen LogP) is 2.84. The van der Waals surface area contributed by atoms with Gasteiger partial charge < -0.3 is 5.11 Å². The zero-order valence-electron chi connectivity index (χ0n) is 6.46. The highest BCUT2D eigenvalue weighted by atomic mass is 79.9. The molecule has 0 radical (unpaired) electrons. The van der Waals surface area contributed by atoms with E-state index in [1.807, 2.05) is 0 Å². The number of fused-ring (bicyclic) bond motifs is 1. The molecule has 0 spiro atoms. The Hall–Kier alpha value is -1.16. The van der Waals surface area contributed by atoms with Crippen LogP contribution in [0.4, 0.5) is 4.39 Å². The van der Waals surface area contributed by atoms with Crippen molar-refractivity contribution < 1.29 is 9.50 Å². The molecule has 1 aromatic heterocycles. The number of aromatic nitrogens is 1. The van der Waals surface area contributed by atoms with Gasteiger partial charge in [-0.2, -0.15) is 0 Å². The molecule has 1 aromatic carbocycles. The molecular weight excluding hydrogens is 237 g/mol. The Bertz CT molecular complexity index is 467. The summed E-state index contributed by atoms with van der Waals surface area (Å²) in [4.78, 5) is 3.89. The molecule has 0 saturated carbocycles. The Morgan fingerprint density at radius 2 is 2.08 bits per heavy atom. The Kier molecular flexibility index (Phi) is 1.92. The van der Waals surface area contributed by atoms with Gasteiger partial charge in [0.2, 0.25) is 0 Å². The first-order chi connectivity index (χ1) is 6.16. The fourth-order valence-electron chi connectivity index (χ4n) is 1.16. The van der Waals surface area contributed by atoms with E-state index < -0.39 is 5.82 Å². The van der Waals surface area contributed by atoms with Crippen LogP contribution in [0.3, 0.4) is 0 Å². The van der Waals surface area contributed by atoms with E-state index in [1.54, 1.807) is 6.07 Å². The van der Waals surface area contributed by atoms with Gasteiger partial charge in [0.1, 0.15) is 11.3 Å². The lowest BCUT2D eigenvalue weighted by Gasteiger charge is -1.99. The molecule has 0 unspecified atom stereocenters. The Balaban J connectivity index is 2.86. The van der Waals surface area contributed by atoms with Crippen LogP contribution in [0.5, 0.6) is 5.75 Å². The van der Waals surface area contributed by atoms with Gasteiger partial charge >= 0.3 is 0 Å². The van der Waals surface area contributed by atoms with Crippen LogP contribution >= 0.6 is 15.9 Å². The van der Waals surface area contributed by atoms with Crippen molar-refractivity contribution in [2.24, 2.45) is 0 Å². The van der Waals surface area contributed by atoms with Gasteiger partial charge in [-0.05, 0) is 28.1 Å². The van der Waals surface area contributed by atoms with Crippen LogP contribution in [0.1, 0.15) is 0 Å². The molecular formula is C9H5BrFNO. The third-order valence-electron chi connectivity index (χ3n) is 1.69. The van der Waals surface area contributed by atoms with Crippen molar-refractivity contribution >= 4 is 26.8 Å². The second kappa shape index (κ2) is 2.96. The van der Waals surface area contributed by atoms with Crippen molar-refractivity contribution in [3.05, 3.63) is 34.7 Å². The molecule has 2 nitrogen and oxygen atoms in total. The standard InChI is InChI=1S/C9H5BrFNO/c10-6-1-5-2-7(13)3-8(11)9(5)12-4-6/h1-4,13H. The highest BCUT2D eigenvalue weighted by Gasteiger charge is 2.04. The molecule has 0 aliphatic rings. The van der Waals surface area contributed by atoms with Crippen molar-refractivity contribution in [1.82, 2.24) is 4.98 Å². The van der Waals surface area contributed by atoms with Gasteiger partial charge in [-0.25, -0.2) is 4.39 Å². The highest BCUT2D eigenvalue weighted by Crippen LogP contribution is 2.24. The summed E-state index contributed by atoms with van der Waals surface area (Å²) >= 11 is 3.21. The molecule has 0 atom stereocenters. The van der Waals surface area contributed by atoms with Crippen LogP contribution in [-0.4, -0.2) is 10.1 Å². The molecule has 0 bridgehead atoms. The number of halogens is 2. The SMILES string of the molecule is Oc1cc(F)c2ncc(Br)cc2c1. The highest BCUT2D eigenvalue weighted by molar-refractivity contribution is 9.10. The van der Waals surface area contributed by atoms with Crippen molar-refractivity contribution in [1.29, 1.82) is 0 Å². The summed E-state index contributed by atoms with van der Waals surface area (Å²) in [5.41, 5.74) is 0.265. The largest absolute Gasteiger partial charge is 0.508 e.